The zero-order valence-electron chi connectivity index (χ0n) is 11.4. The van der Waals surface area contributed by atoms with Gasteiger partial charge in [-0.2, -0.15) is 0 Å². The van der Waals surface area contributed by atoms with E-state index < -0.39 is 0 Å². The molecule has 0 bridgehead atoms. The molecule has 0 atom stereocenters. The van der Waals surface area contributed by atoms with Gasteiger partial charge in [-0.25, -0.2) is 4.98 Å². The Balaban J connectivity index is 1.85. The largest absolute Gasteiger partial charge is 0.369 e. The molecule has 0 aliphatic rings. The van der Waals surface area contributed by atoms with Crippen LogP contribution in [0, 0.1) is 0 Å². The third-order valence-corrected chi connectivity index (χ3v) is 3.60. The van der Waals surface area contributed by atoms with Crippen molar-refractivity contribution in [1.29, 1.82) is 0 Å². The van der Waals surface area contributed by atoms with Gasteiger partial charge in [0.1, 0.15) is 11.5 Å². The fourth-order valence-electron chi connectivity index (χ4n) is 1.66. The van der Waals surface area contributed by atoms with Gasteiger partial charge < -0.3 is 10.6 Å². The van der Waals surface area contributed by atoms with Crippen LogP contribution in [-0.4, -0.2) is 29.0 Å². The van der Waals surface area contributed by atoms with E-state index in [-0.39, 0.29) is 5.91 Å². The first-order valence-electron chi connectivity index (χ1n) is 6.66. The lowest BCUT2D eigenvalue weighted by Crippen LogP contribution is -2.26. The summed E-state index contributed by atoms with van der Waals surface area (Å²) in [7, 11) is 0. The van der Waals surface area contributed by atoms with E-state index >= 15 is 0 Å². The highest BCUT2D eigenvalue weighted by Crippen LogP contribution is 2.08. The van der Waals surface area contributed by atoms with E-state index in [9.17, 15) is 4.79 Å². The van der Waals surface area contributed by atoms with Gasteiger partial charge in [0.15, 0.2) is 0 Å². The molecular formula is C14H18N4OS. The molecule has 5 nitrogen and oxygen atoms in total. The molecule has 0 aromatic carbocycles. The average molecular weight is 290 g/mol. The van der Waals surface area contributed by atoms with Gasteiger partial charge >= 0.3 is 0 Å². The van der Waals surface area contributed by atoms with E-state index in [1.165, 1.54) is 11.1 Å². The zero-order chi connectivity index (χ0) is 14.2. The van der Waals surface area contributed by atoms with Gasteiger partial charge in [0.05, 0.1) is 12.4 Å². The molecule has 2 N–H and O–H groups in total. The molecule has 0 aliphatic heterocycles. The van der Waals surface area contributed by atoms with Crippen molar-refractivity contribution in [3.8, 4) is 0 Å². The van der Waals surface area contributed by atoms with Crippen LogP contribution in [0.15, 0.2) is 29.9 Å². The van der Waals surface area contributed by atoms with Gasteiger partial charge in [0.2, 0.25) is 0 Å². The minimum absolute atomic E-state index is 0.186. The van der Waals surface area contributed by atoms with E-state index in [1.807, 2.05) is 11.4 Å². The van der Waals surface area contributed by atoms with Crippen LogP contribution < -0.4 is 10.6 Å². The molecule has 6 heteroatoms. The van der Waals surface area contributed by atoms with Crippen LogP contribution in [-0.2, 0) is 6.42 Å². The standard InChI is InChI=1S/C14H18N4OS/c1-2-6-16-13-10-15-9-12(18-13)14(19)17-7-5-11-4-3-8-20-11/h3-4,8-10H,2,5-7H2,1H3,(H,16,18)(H,17,19). The minimum atomic E-state index is -0.186. The van der Waals surface area contributed by atoms with Crippen LogP contribution in [0.25, 0.3) is 0 Å². The Morgan fingerprint density at radius 3 is 3.00 bits per heavy atom. The summed E-state index contributed by atoms with van der Waals surface area (Å²) in [6.07, 6.45) is 4.94. The first-order valence-corrected chi connectivity index (χ1v) is 7.54. The summed E-state index contributed by atoms with van der Waals surface area (Å²) in [5, 5.41) is 8.01. The zero-order valence-corrected chi connectivity index (χ0v) is 12.2. The molecule has 0 aliphatic carbocycles. The first-order chi connectivity index (χ1) is 9.79. The van der Waals surface area contributed by atoms with Crippen molar-refractivity contribution < 1.29 is 4.79 Å². The Kier molecular flexibility index (Phi) is 5.49. The van der Waals surface area contributed by atoms with Crippen molar-refractivity contribution >= 4 is 23.1 Å². The van der Waals surface area contributed by atoms with Gasteiger partial charge in [0, 0.05) is 18.0 Å². The number of carbonyl (C=O) groups excluding carboxylic acids is 1. The highest BCUT2D eigenvalue weighted by atomic mass is 32.1. The van der Waals surface area contributed by atoms with Gasteiger partial charge in [0.25, 0.3) is 5.91 Å². The normalized spacial score (nSPS) is 10.2. The molecule has 2 aromatic rings. The molecule has 2 heterocycles. The molecule has 106 valence electrons. The Hall–Kier alpha value is -1.95. The molecule has 1 amide bonds. The fraction of sp³-hybridized carbons (Fsp3) is 0.357. The number of nitrogens with one attached hydrogen (secondary N) is 2. The number of carbonyl (C=O) groups is 1. The van der Waals surface area contributed by atoms with E-state index in [1.54, 1.807) is 17.5 Å². The van der Waals surface area contributed by atoms with Crippen LogP contribution >= 0.6 is 11.3 Å². The average Bonchev–Trinajstić information content (AvgIpc) is 2.98. The molecule has 0 spiro atoms. The van der Waals surface area contributed by atoms with E-state index in [2.05, 4.69) is 33.6 Å². The monoisotopic (exact) mass is 290 g/mol. The van der Waals surface area contributed by atoms with Crippen LogP contribution in [0.2, 0.25) is 0 Å². The van der Waals surface area contributed by atoms with Crippen molar-refractivity contribution in [2.24, 2.45) is 0 Å². The van der Waals surface area contributed by atoms with Gasteiger partial charge in [-0.1, -0.05) is 13.0 Å². The molecular weight excluding hydrogens is 272 g/mol. The molecule has 0 radical (unpaired) electrons. The highest BCUT2D eigenvalue weighted by Gasteiger charge is 2.08. The summed E-state index contributed by atoms with van der Waals surface area (Å²) in [6, 6.07) is 4.07. The lowest BCUT2D eigenvalue weighted by Gasteiger charge is -2.06. The van der Waals surface area contributed by atoms with Crippen LogP contribution in [0.1, 0.15) is 28.7 Å². The van der Waals surface area contributed by atoms with E-state index in [0.29, 0.717) is 18.1 Å². The molecule has 0 fully saturated rings. The summed E-state index contributed by atoms with van der Waals surface area (Å²) in [4.78, 5) is 21.5. The number of aromatic nitrogens is 2. The highest BCUT2D eigenvalue weighted by molar-refractivity contribution is 7.09. The Labute approximate surface area is 122 Å². The fourth-order valence-corrected chi connectivity index (χ4v) is 2.37. The van der Waals surface area contributed by atoms with E-state index in [0.717, 1.165) is 19.4 Å². The summed E-state index contributed by atoms with van der Waals surface area (Å²) >= 11 is 1.69. The van der Waals surface area contributed by atoms with Crippen molar-refractivity contribution in [3.05, 3.63) is 40.5 Å². The maximum Gasteiger partial charge on any atom is 0.271 e. The van der Waals surface area contributed by atoms with Gasteiger partial charge in [-0.15, -0.1) is 11.3 Å². The van der Waals surface area contributed by atoms with Crippen LogP contribution in [0.5, 0.6) is 0 Å². The molecule has 20 heavy (non-hydrogen) atoms. The quantitative estimate of drug-likeness (QED) is 0.821. The number of nitrogens with zero attached hydrogens (tertiary/aromatic N) is 2. The van der Waals surface area contributed by atoms with Crippen molar-refractivity contribution in [2.45, 2.75) is 19.8 Å². The van der Waals surface area contributed by atoms with Crippen LogP contribution in [0.3, 0.4) is 0 Å². The Bertz CT molecular complexity index is 542. The predicted octanol–water partition coefficient (Wildman–Crippen LogP) is 2.33. The van der Waals surface area contributed by atoms with Gasteiger partial charge in [-0.05, 0) is 24.3 Å². The lowest BCUT2D eigenvalue weighted by molar-refractivity contribution is 0.0949. The van der Waals surface area contributed by atoms with Crippen molar-refractivity contribution in [2.75, 3.05) is 18.4 Å². The molecule has 2 rings (SSSR count). The summed E-state index contributed by atoms with van der Waals surface area (Å²) in [5.74, 6) is 0.451. The van der Waals surface area contributed by atoms with Crippen molar-refractivity contribution in [3.63, 3.8) is 0 Å². The lowest BCUT2D eigenvalue weighted by atomic mass is 10.3. The van der Waals surface area contributed by atoms with Crippen LogP contribution in [0.4, 0.5) is 5.82 Å². The number of hydrogen-bond donors (Lipinski definition) is 2. The molecule has 0 saturated heterocycles. The Morgan fingerprint density at radius 1 is 1.35 bits per heavy atom. The number of hydrogen-bond acceptors (Lipinski definition) is 5. The van der Waals surface area contributed by atoms with Gasteiger partial charge in [-0.3, -0.25) is 9.78 Å². The number of thiophene rings is 1. The number of amides is 1. The maximum atomic E-state index is 12.0. The summed E-state index contributed by atoms with van der Waals surface area (Å²) in [5.41, 5.74) is 0.345. The smallest absolute Gasteiger partial charge is 0.271 e. The number of rotatable bonds is 7. The third-order valence-electron chi connectivity index (χ3n) is 2.66. The number of anilines is 1. The topological polar surface area (TPSA) is 66.9 Å². The molecule has 2 aromatic heterocycles. The SMILES string of the molecule is CCCNc1cncc(C(=O)NCCc2cccs2)n1. The summed E-state index contributed by atoms with van der Waals surface area (Å²) < 4.78 is 0. The van der Waals surface area contributed by atoms with Crippen molar-refractivity contribution in [1.82, 2.24) is 15.3 Å². The third kappa shape index (κ3) is 4.31. The van der Waals surface area contributed by atoms with E-state index in [4.69, 9.17) is 0 Å². The maximum absolute atomic E-state index is 12.0. The second kappa shape index (κ2) is 7.59. The summed E-state index contributed by atoms with van der Waals surface area (Å²) in [6.45, 7) is 3.49. The second-order valence-corrected chi connectivity index (χ2v) is 5.33. The molecule has 0 saturated carbocycles. The second-order valence-electron chi connectivity index (χ2n) is 4.30. The minimum Gasteiger partial charge on any atom is -0.369 e. The molecule has 0 unspecified atom stereocenters. The predicted molar refractivity (Wildman–Crippen MR) is 81.2 cm³/mol. The Morgan fingerprint density at radius 2 is 2.25 bits per heavy atom. The first kappa shape index (κ1) is 14.5.